The number of nitrogens with zero attached hydrogens (tertiary/aromatic N) is 1. The van der Waals surface area contributed by atoms with Crippen molar-refractivity contribution in [3.8, 4) is 0 Å². The van der Waals surface area contributed by atoms with Crippen LogP contribution in [0.4, 0.5) is 13.2 Å². The second kappa shape index (κ2) is 6.20. The molecule has 100 valence electrons. The molecule has 0 aliphatic heterocycles. The fourth-order valence-electron chi connectivity index (χ4n) is 1.50. The molecule has 18 heavy (non-hydrogen) atoms. The van der Waals surface area contributed by atoms with Crippen molar-refractivity contribution in [3.05, 3.63) is 34.9 Å². The number of ketones is 1. The second-order valence-corrected chi connectivity index (χ2v) is 4.41. The van der Waals surface area contributed by atoms with Crippen LogP contribution in [-0.2, 0) is 0 Å². The molecule has 0 saturated carbocycles. The van der Waals surface area contributed by atoms with Gasteiger partial charge in [-0.25, -0.2) is 0 Å². The molecule has 0 saturated heterocycles. The Labute approximate surface area is 108 Å². The topological polar surface area (TPSA) is 20.3 Å². The Morgan fingerprint density at radius 2 is 1.94 bits per heavy atom. The molecule has 0 aliphatic carbocycles. The summed E-state index contributed by atoms with van der Waals surface area (Å²) in [4.78, 5) is 12.8. The van der Waals surface area contributed by atoms with Gasteiger partial charge in [-0.2, -0.15) is 13.2 Å². The predicted molar refractivity (Wildman–Crippen MR) is 64.0 cm³/mol. The maximum atomic E-state index is 12.1. The van der Waals surface area contributed by atoms with Crippen molar-refractivity contribution in [2.24, 2.45) is 0 Å². The molecule has 1 rings (SSSR count). The highest BCUT2D eigenvalue weighted by atomic mass is 35.5. The largest absolute Gasteiger partial charge is 0.401 e. The zero-order valence-electron chi connectivity index (χ0n) is 9.80. The highest BCUT2D eigenvalue weighted by Crippen LogP contribution is 2.18. The Hall–Kier alpha value is -1.07. The average Bonchev–Trinajstić information content (AvgIpc) is 2.24. The minimum Gasteiger partial charge on any atom is -0.298 e. The Balaban J connectivity index is 2.50. The highest BCUT2D eigenvalue weighted by Gasteiger charge is 2.29. The summed E-state index contributed by atoms with van der Waals surface area (Å²) in [5.41, 5.74) is 0.347. The Kier molecular flexibility index (Phi) is 5.16. The van der Waals surface area contributed by atoms with E-state index in [1.54, 1.807) is 24.3 Å². The first-order chi connectivity index (χ1) is 8.29. The molecule has 0 fully saturated rings. The summed E-state index contributed by atoms with van der Waals surface area (Å²) >= 11 is 5.83. The number of hydrogen-bond acceptors (Lipinski definition) is 2. The van der Waals surface area contributed by atoms with Crippen LogP contribution < -0.4 is 0 Å². The van der Waals surface area contributed by atoms with Crippen LogP contribution in [0.5, 0.6) is 0 Å². The van der Waals surface area contributed by atoms with Gasteiger partial charge in [0.2, 0.25) is 0 Å². The lowest BCUT2D eigenvalue weighted by atomic mass is 10.1. The van der Waals surface area contributed by atoms with Gasteiger partial charge < -0.3 is 0 Å². The first kappa shape index (κ1) is 15.0. The van der Waals surface area contributed by atoms with E-state index < -0.39 is 12.7 Å². The number of rotatable bonds is 5. The van der Waals surface area contributed by atoms with E-state index in [4.69, 9.17) is 11.6 Å². The van der Waals surface area contributed by atoms with Gasteiger partial charge in [-0.05, 0) is 19.2 Å². The summed E-state index contributed by atoms with van der Waals surface area (Å²) in [5.74, 6) is -0.255. The van der Waals surface area contributed by atoms with Gasteiger partial charge in [-0.15, -0.1) is 0 Å². The number of carbonyl (C=O) groups is 1. The minimum absolute atomic E-state index is 0.0102. The van der Waals surface area contributed by atoms with Crippen molar-refractivity contribution in [1.82, 2.24) is 4.90 Å². The van der Waals surface area contributed by atoms with E-state index in [0.29, 0.717) is 10.6 Å². The van der Waals surface area contributed by atoms with Gasteiger partial charge in [0.25, 0.3) is 0 Å². The summed E-state index contributed by atoms with van der Waals surface area (Å²) in [5, 5.41) is 0.320. The van der Waals surface area contributed by atoms with Crippen molar-refractivity contribution in [1.29, 1.82) is 0 Å². The quantitative estimate of drug-likeness (QED) is 0.770. The van der Waals surface area contributed by atoms with Gasteiger partial charge in [0.15, 0.2) is 5.78 Å². The van der Waals surface area contributed by atoms with Crippen molar-refractivity contribution in [3.63, 3.8) is 0 Å². The first-order valence-corrected chi connectivity index (χ1v) is 5.70. The van der Waals surface area contributed by atoms with Crippen molar-refractivity contribution in [2.75, 3.05) is 20.1 Å². The number of halogens is 4. The smallest absolute Gasteiger partial charge is 0.298 e. The minimum atomic E-state index is -4.25. The summed E-state index contributed by atoms with van der Waals surface area (Å²) in [6.07, 6.45) is -4.24. The molecule has 0 aromatic heterocycles. The zero-order chi connectivity index (χ0) is 13.8. The molecule has 0 radical (unpaired) electrons. The summed E-state index contributed by atoms with van der Waals surface area (Å²) < 4.78 is 36.2. The molecular formula is C12H13ClF3NO. The monoisotopic (exact) mass is 279 g/mol. The molecule has 0 heterocycles. The van der Waals surface area contributed by atoms with Crippen LogP contribution in [-0.4, -0.2) is 37.0 Å². The SMILES string of the molecule is CN(CCC(=O)c1ccccc1Cl)CC(F)(F)F. The molecule has 2 nitrogen and oxygen atoms in total. The van der Waals surface area contributed by atoms with E-state index in [0.717, 1.165) is 4.90 Å². The normalized spacial score (nSPS) is 11.9. The van der Waals surface area contributed by atoms with Crippen LogP contribution in [0.3, 0.4) is 0 Å². The number of hydrogen-bond donors (Lipinski definition) is 0. The van der Waals surface area contributed by atoms with E-state index in [1.165, 1.54) is 7.05 Å². The van der Waals surface area contributed by atoms with Crippen LogP contribution in [0.15, 0.2) is 24.3 Å². The average molecular weight is 280 g/mol. The summed E-state index contributed by atoms with van der Waals surface area (Å²) in [6, 6.07) is 6.50. The fourth-order valence-corrected chi connectivity index (χ4v) is 1.74. The van der Waals surface area contributed by atoms with E-state index in [9.17, 15) is 18.0 Å². The highest BCUT2D eigenvalue weighted by molar-refractivity contribution is 6.33. The lowest BCUT2D eigenvalue weighted by molar-refractivity contribution is -0.142. The maximum absolute atomic E-state index is 12.1. The van der Waals surface area contributed by atoms with Gasteiger partial charge in [0.1, 0.15) is 0 Å². The van der Waals surface area contributed by atoms with Crippen LogP contribution in [0.25, 0.3) is 0 Å². The molecule has 1 aromatic rings. The third-order valence-corrected chi connectivity index (χ3v) is 2.67. The predicted octanol–water partition coefficient (Wildman–Crippen LogP) is 3.41. The van der Waals surface area contributed by atoms with Gasteiger partial charge in [0, 0.05) is 18.5 Å². The van der Waals surface area contributed by atoms with Gasteiger partial charge >= 0.3 is 6.18 Å². The molecule has 0 N–H and O–H groups in total. The number of alkyl halides is 3. The van der Waals surface area contributed by atoms with Crippen molar-refractivity contribution >= 4 is 17.4 Å². The van der Waals surface area contributed by atoms with Crippen molar-refractivity contribution in [2.45, 2.75) is 12.6 Å². The molecule has 0 spiro atoms. The number of carbonyl (C=O) groups excluding carboxylic acids is 1. The third kappa shape index (κ3) is 5.06. The maximum Gasteiger partial charge on any atom is 0.401 e. The van der Waals surface area contributed by atoms with Crippen molar-refractivity contribution < 1.29 is 18.0 Å². The van der Waals surface area contributed by atoms with Gasteiger partial charge in [0.05, 0.1) is 11.6 Å². The Morgan fingerprint density at radius 3 is 2.50 bits per heavy atom. The molecule has 1 aromatic carbocycles. The molecule has 0 amide bonds. The molecule has 0 bridgehead atoms. The zero-order valence-corrected chi connectivity index (χ0v) is 10.6. The lowest BCUT2D eigenvalue weighted by Crippen LogP contribution is -2.32. The van der Waals surface area contributed by atoms with Crippen LogP contribution in [0.2, 0.25) is 5.02 Å². The van der Waals surface area contributed by atoms with Crippen LogP contribution in [0, 0.1) is 0 Å². The first-order valence-electron chi connectivity index (χ1n) is 5.32. The lowest BCUT2D eigenvalue weighted by Gasteiger charge is -2.17. The second-order valence-electron chi connectivity index (χ2n) is 4.01. The van der Waals surface area contributed by atoms with E-state index in [2.05, 4.69) is 0 Å². The van der Waals surface area contributed by atoms with E-state index >= 15 is 0 Å². The van der Waals surface area contributed by atoms with Crippen LogP contribution >= 0.6 is 11.6 Å². The Bertz CT molecular complexity index is 420. The number of Topliss-reactive ketones (excluding diaryl/α,β-unsaturated/α-hetero) is 1. The summed E-state index contributed by atoms with van der Waals surface area (Å²) in [7, 11) is 1.33. The van der Waals surface area contributed by atoms with Gasteiger partial charge in [-0.1, -0.05) is 23.7 Å². The molecule has 6 heteroatoms. The molecule has 0 aliphatic rings. The van der Waals surface area contributed by atoms with E-state index in [-0.39, 0.29) is 18.7 Å². The standard InChI is InChI=1S/C12H13ClF3NO/c1-17(8-12(14,15)16)7-6-11(18)9-4-2-3-5-10(9)13/h2-5H,6-8H2,1H3. The third-order valence-electron chi connectivity index (χ3n) is 2.34. The fraction of sp³-hybridized carbons (Fsp3) is 0.417. The van der Waals surface area contributed by atoms with Crippen LogP contribution in [0.1, 0.15) is 16.8 Å². The Morgan fingerprint density at radius 1 is 1.33 bits per heavy atom. The van der Waals surface area contributed by atoms with E-state index in [1.807, 2.05) is 0 Å². The number of benzene rings is 1. The van der Waals surface area contributed by atoms with Gasteiger partial charge in [-0.3, -0.25) is 9.69 Å². The summed E-state index contributed by atoms with van der Waals surface area (Å²) in [6.45, 7) is -0.980. The molecule has 0 unspecified atom stereocenters. The molecular weight excluding hydrogens is 267 g/mol. The molecule has 0 atom stereocenters.